The van der Waals surface area contributed by atoms with Crippen molar-refractivity contribution in [2.24, 2.45) is 0 Å². The summed E-state index contributed by atoms with van der Waals surface area (Å²) in [5.41, 5.74) is 0. The van der Waals surface area contributed by atoms with Gasteiger partial charge in [0.2, 0.25) is 0 Å². The normalized spacial score (nSPS) is 14.0. The third-order valence-electron chi connectivity index (χ3n) is 4.76. The van der Waals surface area contributed by atoms with Crippen LogP contribution in [0.5, 0.6) is 0 Å². The summed E-state index contributed by atoms with van der Waals surface area (Å²) in [7, 11) is 0. The second kappa shape index (κ2) is 12.4. The van der Waals surface area contributed by atoms with E-state index in [0.717, 1.165) is 58.0 Å². The van der Waals surface area contributed by atoms with E-state index in [1.807, 2.05) is 6.08 Å². The molecule has 0 fully saturated rings. The number of carboxylic acids is 1. The minimum atomic E-state index is -0.768. The van der Waals surface area contributed by atoms with Gasteiger partial charge in [-0.1, -0.05) is 46.5 Å². The fourth-order valence-electron chi connectivity index (χ4n) is 3.02. The second-order valence-electron chi connectivity index (χ2n) is 6.74. The minimum Gasteiger partial charge on any atom is -0.507 e. The van der Waals surface area contributed by atoms with Crippen LogP contribution >= 0.6 is 0 Å². The Hall–Kier alpha value is -1.03. The van der Waals surface area contributed by atoms with Gasteiger partial charge in [-0.2, -0.15) is 0 Å². The van der Waals surface area contributed by atoms with Crippen LogP contribution < -0.4 is 0 Å². The number of aliphatic carboxylic acids is 1. The summed E-state index contributed by atoms with van der Waals surface area (Å²) in [6, 6.07) is -0.487. The molecule has 0 spiro atoms. The molecule has 4 nitrogen and oxygen atoms in total. The first kappa shape index (κ1) is 22.0. The highest BCUT2D eigenvalue weighted by Crippen LogP contribution is 2.21. The summed E-state index contributed by atoms with van der Waals surface area (Å²) in [6.07, 6.45) is 10.3. The number of hydrogen-bond acceptors (Lipinski definition) is 2. The third kappa shape index (κ3) is 8.40. The van der Waals surface area contributed by atoms with E-state index in [4.69, 9.17) is 0 Å². The van der Waals surface area contributed by atoms with E-state index in [1.54, 1.807) is 6.92 Å². The minimum absolute atomic E-state index is 0.362. The number of hydrogen-bond donors (Lipinski definition) is 2. The predicted octanol–water partition coefficient (Wildman–Crippen LogP) is 4.90. The highest BCUT2D eigenvalue weighted by molar-refractivity contribution is 5.71. The Morgan fingerprint density at radius 3 is 1.91 bits per heavy atom. The van der Waals surface area contributed by atoms with E-state index < -0.39 is 12.0 Å². The zero-order chi connectivity index (χ0) is 17.7. The third-order valence-corrected chi connectivity index (χ3v) is 4.76. The number of carbonyl (C=O) groups is 1. The maximum atomic E-state index is 11.6. The van der Waals surface area contributed by atoms with E-state index in [0.29, 0.717) is 16.8 Å². The van der Waals surface area contributed by atoms with Crippen molar-refractivity contribution in [2.75, 3.05) is 19.6 Å². The summed E-state index contributed by atoms with van der Waals surface area (Å²) in [4.78, 5) is 11.6. The molecule has 0 saturated carbocycles. The summed E-state index contributed by atoms with van der Waals surface area (Å²) >= 11 is 0. The molecule has 0 aliphatic heterocycles. The van der Waals surface area contributed by atoms with Crippen molar-refractivity contribution < 1.29 is 19.5 Å². The molecule has 0 bridgehead atoms. The molecular weight excluding hydrogens is 290 g/mol. The standard InChI is InChI=1S/C19H37NO3/c1-5-8-11-12-13-18(21)16-20(14-9-6-2,15-10-7-3)17(4)19(22)23/h13,17H,5-12,14-16H2,1-4H3,(H-,21,22,23)/p+1/b18-13-. The lowest BCUT2D eigenvalue weighted by atomic mass is 10.1. The molecule has 0 rings (SSSR count). The maximum absolute atomic E-state index is 11.6. The van der Waals surface area contributed by atoms with Crippen LogP contribution in [0.3, 0.4) is 0 Å². The van der Waals surface area contributed by atoms with Gasteiger partial charge in [0.05, 0.1) is 13.1 Å². The largest absolute Gasteiger partial charge is 0.507 e. The Labute approximate surface area is 142 Å². The van der Waals surface area contributed by atoms with Gasteiger partial charge in [0, 0.05) is 0 Å². The van der Waals surface area contributed by atoms with Crippen LogP contribution in [0.25, 0.3) is 0 Å². The van der Waals surface area contributed by atoms with E-state index in [1.165, 1.54) is 6.42 Å². The SMILES string of the molecule is CCCCC/C=C(\O)C[N+](CCCC)(CCCC)C(C)C(=O)O. The highest BCUT2D eigenvalue weighted by Gasteiger charge is 2.38. The molecule has 136 valence electrons. The number of aliphatic hydroxyl groups excluding tert-OH is 1. The van der Waals surface area contributed by atoms with E-state index in [-0.39, 0.29) is 0 Å². The van der Waals surface area contributed by atoms with Crippen molar-refractivity contribution in [3.8, 4) is 0 Å². The molecule has 0 aromatic carbocycles. The van der Waals surface area contributed by atoms with Gasteiger partial charge in [-0.15, -0.1) is 0 Å². The van der Waals surface area contributed by atoms with Crippen LogP contribution in [0.15, 0.2) is 11.8 Å². The van der Waals surface area contributed by atoms with Gasteiger partial charge < -0.3 is 14.7 Å². The van der Waals surface area contributed by atoms with Crippen LogP contribution in [-0.2, 0) is 4.79 Å². The first-order valence-corrected chi connectivity index (χ1v) is 9.40. The molecule has 0 radical (unpaired) electrons. The molecular formula is C19H38NO3+. The zero-order valence-electron chi connectivity index (χ0n) is 15.7. The molecule has 0 aliphatic rings. The summed E-state index contributed by atoms with van der Waals surface area (Å²) in [5, 5.41) is 19.9. The summed E-state index contributed by atoms with van der Waals surface area (Å²) in [6.45, 7) is 10.3. The van der Waals surface area contributed by atoms with Crippen LogP contribution in [0.2, 0.25) is 0 Å². The van der Waals surface area contributed by atoms with Gasteiger partial charge in [0.25, 0.3) is 0 Å². The first-order valence-electron chi connectivity index (χ1n) is 9.40. The summed E-state index contributed by atoms with van der Waals surface area (Å²) in [5.74, 6) is -0.405. The molecule has 0 aromatic rings. The quantitative estimate of drug-likeness (QED) is 0.271. The highest BCUT2D eigenvalue weighted by atomic mass is 16.4. The number of nitrogens with zero attached hydrogens (tertiary/aromatic N) is 1. The fourth-order valence-corrected chi connectivity index (χ4v) is 3.02. The lowest BCUT2D eigenvalue weighted by Crippen LogP contribution is -2.59. The molecule has 0 aliphatic carbocycles. The molecule has 4 heteroatoms. The second-order valence-corrected chi connectivity index (χ2v) is 6.74. The molecule has 1 unspecified atom stereocenters. The molecule has 0 saturated heterocycles. The smallest absolute Gasteiger partial charge is 0.362 e. The number of aliphatic hydroxyl groups is 1. The fraction of sp³-hybridized carbons (Fsp3) is 0.842. The van der Waals surface area contributed by atoms with Gasteiger partial charge in [0.1, 0.15) is 12.3 Å². The Morgan fingerprint density at radius 1 is 0.957 bits per heavy atom. The van der Waals surface area contributed by atoms with Crippen molar-refractivity contribution >= 4 is 5.97 Å². The van der Waals surface area contributed by atoms with Crippen LogP contribution in [0.4, 0.5) is 0 Å². The van der Waals surface area contributed by atoms with Crippen molar-refractivity contribution in [1.29, 1.82) is 0 Å². The van der Waals surface area contributed by atoms with Gasteiger partial charge in [-0.05, 0) is 38.7 Å². The van der Waals surface area contributed by atoms with Crippen molar-refractivity contribution in [3.63, 3.8) is 0 Å². The molecule has 1 atom stereocenters. The van der Waals surface area contributed by atoms with Crippen molar-refractivity contribution in [2.45, 2.75) is 85.1 Å². The summed E-state index contributed by atoms with van der Waals surface area (Å²) < 4.78 is 0.465. The van der Waals surface area contributed by atoms with Gasteiger partial charge >= 0.3 is 5.97 Å². The van der Waals surface area contributed by atoms with E-state index in [2.05, 4.69) is 20.8 Å². The maximum Gasteiger partial charge on any atom is 0.362 e. The molecule has 2 N–H and O–H groups in total. The predicted molar refractivity (Wildman–Crippen MR) is 96.6 cm³/mol. The Balaban J connectivity index is 5.13. The number of quaternary nitrogens is 1. The number of carboxylic acid groups (broad SMARTS) is 1. The van der Waals surface area contributed by atoms with Crippen LogP contribution in [0, 0.1) is 0 Å². The molecule has 0 heterocycles. The van der Waals surface area contributed by atoms with Gasteiger partial charge in [-0.3, -0.25) is 0 Å². The van der Waals surface area contributed by atoms with Crippen LogP contribution in [0.1, 0.15) is 79.1 Å². The first-order chi connectivity index (χ1) is 10.9. The lowest BCUT2D eigenvalue weighted by Gasteiger charge is -2.41. The lowest BCUT2D eigenvalue weighted by molar-refractivity contribution is -0.939. The molecule has 0 aromatic heterocycles. The average Bonchev–Trinajstić information content (AvgIpc) is 2.53. The average molecular weight is 329 g/mol. The number of rotatable bonds is 14. The zero-order valence-corrected chi connectivity index (χ0v) is 15.7. The monoisotopic (exact) mass is 328 g/mol. The van der Waals surface area contributed by atoms with Gasteiger partial charge in [-0.25, -0.2) is 4.79 Å². The molecule has 0 amide bonds. The topological polar surface area (TPSA) is 57.5 Å². The van der Waals surface area contributed by atoms with Crippen molar-refractivity contribution in [1.82, 2.24) is 0 Å². The van der Waals surface area contributed by atoms with Crippen molar-refractivity contribution in [3.05, 3.63) is 11.8 Å². The van der Waals surface area contributed by atoms with E-state index in [9.17, 15) is 15.0 Å². The Morgan fingerprint density at radius 2 is 1.48 bits per heavy atom. The Kier molecular flexibility index (Phi) is 11.8. The number of unbranched alkanes of at least 4 members (excludes halogenated alkanes) is 5. The Bertz CT molecular complexity index is 345. The van der Waals surface area contributed by atoms with Gasteiger partial charge in [0.15, 0.2) is 6.04 Å². The van der Waals surface area contributed by atoms with E-state index >= 15 is 0 Å². The molecule has 23 heavy (non-hydrogen) atoms. The number of allylic oxidation sites excluding steroid dienone is 1. The van der Waals surface area contributed by atoms with Crippen LogP contribution in [-0.4, -0.2) is 46.3 Å².